The molecule has 2 nitrogen and oxygen atoms in total. The van der Waals surface area contributed by atoms with E-state index in [9.17, 15) is 0 Å². The Morgan fingerprint density at radius 1 is 1.08 bits per heavy atom. The van der Waals surface area contributed by atoms with Crippen LogP contribution in [0, 0.1) is 6.92 Å². The molecule has 0 unspecified atom stereocenters. The molecule has 0 saturated carbocycles. The Bertz CT molecular complexity index is 694. The van der Waals surface area contributed by atoms with Gasteiger partial charge in [-0.3, -0.25) is 0 Å². The van der Waals surface area contributed by atoms with E-state index >= 15 is 0 Å². The second-order valence-electron chi connectivity index (χ2n) is 6.12. The molecule has 0 radical (unpaired) electrons. The lowest BCUT2D eigenvalue weighted by atomic mass is 9.97. The molecule has 0 heterocycles. The highest BCUT2D eigenvalue weighted by atomic mass is 35.5. The lowest BCUT2D eigenvalue weighted by molar-refractivity contribution is 0.146. The van der Waals surface area contributed by atoms with Crippen molar-refractivity contribution in [2.45, 2.75) is 27.2 Å². The minimum atomic E-state index is 0.744. The van der Waals surface area contributed by atoms with Gasteiger partial charge in [-0.25, -0.2) is 0 Å². The van der Waals surface area contributed by atoms with Gasteiger partial charge < -0.3 is 9.64 Å². The molecular weight excluding hydrogens is 330 g/mol. The molecule has 2 aromatic rings. The fourth-order valence-electron chi connectivity index (χ4n) is 2.97. The summed E-state index contributed by atoms with van der Waals surface area (Å²) >= 11 is 5.98. The normalized spacial score (nSPS) is 10.7. The van der Waals surface area contributed by atoms with Crippen molar-refractivity contribution in [3.05, 3.63) is 70.8 Å². The van der Waals surface area contributed by atoms with Gasteiger partial charge in [0.1, 0.15) is 0 Å². The molecule has 3 heteroatoms. The summed E-state index contributed by atoms with van der Waals surface area (Å²) in [6.07, 6.45) is 1.04. The molecule has 0 amide bonds. The fraction of sp³-hybridized carbons (Fsp3) is 0.364. The van der Waals surface area contributed by atoms with E-state index in [1.54, 1.807) is 0 Å². The van der Waals surface area contributed by atoms with Crippen molar-refractivity contribution in [3.8, 4) is 0 Å². The topological polar surface area (TPSA) is 12.5 Å². The van der Waals surface area contributed by atoms with E-state index in [1.807, 2.05) is 31.2 Å². The molecule has 0 saturated heterocycles. The van der Waals surface area contributed by atoms with E-state index in [4.69, 9.17) is 16.3 Å². The van der Waals surface area contributed by atoms with E-state index < -0.39 is 0 Å². The second kappa shape index (κ2) is 9.65. The zero-order chi connectivity index (χ0) is 18.2. The van der Waals surface area contributed by atoms with Gasteiger partial charge in [-0.05, 0) is 73.7 Å². The zero-order valence-electron chi connectivity index (χ0n) is 15.5. The molecule has 0 N–H and O–H groups in total. The van der Waals surface area contributed by atoms with E-state index in [1.165, 1.54) is 11.3 Å². The van der Waals surface area contributed by atoms with Crippen molar-refractivity contribution < 1.29 is 4.74 Å². The predicted octanol–water partition coefficient (Wildman–Crippen LogP) is 5.96. The van der Waals surface area contributed by atoms with Crippen LogP contribution in [0.1, 0.15) is 37.0 Å². The third-order valence-corrected chi connectivity index (χ3v) is 4.63. The summed E-state index contributed by atoms with van der Waals surface area (Å²) in [6.45, 7) is 14.3. The first-order chi connectivity index (χ1) is 12.1. The van der Waals surface area contributed by atoms with Gasteiger partial charge in [-0.2, -0.15) is 0 Å². The summed E-state index contributed by atoms with van der Waals surface area (Å²) < 4.78 is 5.45. The van der Waals surface area contributed by atoms with Crippen molar-refractivity contribution in [2.75, 3.05) is 31.2 Å². The van der Waals surface area contributed by atoms with Gasteiger partial charge >= 0.3 is 0 Å². The Morgan fingerprint density at radius 3 is 2.36 bits per heavy atom. The quantitative estimate of drug-likeness (QED) is 0.513. The van der Waals surface area contributed by atoms with Gasteiger partial charge in [0.2, 0.25) is 0 Å². The smallest absolute Gasteiger partial charge is 0.0482 e. The number of ether oxygens (including phenoxy) is 1. The van der Waals surface area contributed by atoms with Gasteiger partial charge in [0.25, 0.3) is 0 Å². The summed E-state index contributed by atoms with van der Waals surface area (Å²) in [5, 5.41) is 0.744. The molecule has 2 aromatic carbocycles. The summed E-state index contributed by atoms with van der Waals surface area (Å²) in [7, 11) is 0. The number of benzene rings is 2. The Labute approximate surface area is 157 Å². The lowest BCUT2D eigenvalue weighted by Crippen LogP contribution is -2.25. The number of hydrogen-bond acceptors (Lipinski definition) is 2. The molecule has 0 aliphatic heterocycles. The third-order valence-electron chi connectivity index (χ3n) is 4.38. The first-order valence-corrected chi connectivity index (χ1v) is 9.33. The number of halogens is 1. The maximum absolute atomic E-state index is 5.98. The van der Waals surface area contributed by atoms with Crippen LogP contribution >= 0.6 is 11.6 Å². The highest BCUT2D eigenvalue weighted by Crippen LogP contribution is 2.28. The molecule has 0 fully saturated rings. The highest BCUT2D eigenvalue weighted by molar-refractivity contribution is 6.30. The van der Waals surface area contributed by atoms with E-state index in [0.717, 1.165) is 54.4 Å². The van der Waals surface area contributed by atoms with Crippen molar-refractivity contribution in [1.29, 1.82) is 0 Å². The van der Waals surface area contributed by atoms with E-state index in [-0.39, 0.29) is 0 Å². The minimum Gasteiger partial charge on any atom is -0.382 e. The zero-order valence-corrected chi connectivity index (χ0v) is 16.3. The van der Waals surface area contributed by atoms with Crippen molar-refractivity contribution in [3.63, 3.8) is 0 Å². The molecule has 0 aliphatic rings. The molecule has 25 heavy (non-hydrogen) atoms. The minimum absolute atomic E-state index is 0.744. The van der Waals surface area contributed by atoms with Crippen LogP contribution < -0.4 is 4.90 Å². The Hall–Kier alpha value is -1.77. The summed E-state index contributed by atoms with van der Waals surface area (Å²) in [5.74, 6) is 0. The number of hydrogen-bond donors (Lipinski definition) is 0. The average molecular weight is 358 g/mol. The molecule has 134 valence electrons. The van der Waals surface area contributed by atoms with Gasteiger partial charge in [-0.15, -0.1) is 0 Å². The summed E-state index contributed by atoms with van der Waals surface area (Å²) in [6, 6.07) is 14.4. The summed E-state index contributed by atoms with van der Waals surface area (Å²) in [4.78, 5) is 2.41. The third kappa shape index (κ3) is 5.35. The molecule has 0 aromatic heterocycles. The first-order valence-electron chi connectivity index (χ1n) is 8.95. The molecule has 0 aliphatic carbocycles. The van der Waals surface area contributed by atoms with Crippen LogP contribution in [0.15, 0.2) is 49.0 Å². The van der Waals surface area contributed by atoms with Gasteiger partial charge in [0.15, 0.2) is 0 Å². The Morgan fingerprint density at radius 2 is 1.76 bits per heavy atom. The van der Waals surface area contributed by atoms with Crippen LogP contribution in [-0.4, -0.2) is 26.3 Å². The largest absolute Gasteiger partial charge is 0.382 e. The van der Waals surface area contributed by atoms with Gasteiger partial charge in [0.05, 0.1) is 0 Å². The average Bonchev–Trinajstić information content (AvgIpc) is 2.62. The van der Waals surface area contributed by atoms with Crippen LogP contribution in [-0.2, 0) is 4.74 Å². The fourth-order valence-corrected chi connectivity index (χ4v) is 3.09. The maximum Gasteiger partial charge on any atom is 0.0482 e. The van der Waals surface area contributed by atoms with Crippen LogP contribution in [0.5, 0.6) is 0 Å². The van der Waals surface area contributed by atoms with E-state index in [0.29, 0.717) is 0 Å². The lowest BCUT2D eigenvalue weighted by Gasteiger charge is -2.25. The van der Waals surface area contributed by atoms with Crippen LogP contribution in [0.2, 0.25) is 5.02 Å². The standard InChI is InChI=1S/C22H28ClNO/c1-5-24(14-7-15-25-6-2)22-13-10-20(16-17(22)3)18(4)19-8-11-21(23)12-9-19/h8-13,16H,4-7,14-15H2,1-3H3. The molecular formula is C22H28ClNO. The number of rotatable bonds is 9. The first kappa shape index (κ1) is 19.6. The summed E-state index contributed by atoms with van der Waals surface area (Å²) in [5.41, 5.74) is 5.82. The van der Waals surface area contributed by atoms with Gasteiger partial charge in [0, 0.05) is 37.0 Å². The Balaban J connectivity index is 2.13. The highest BCUT2D eigenvalue weighted by Gasteiger charge is 2.10. The van der Waals surface area contributed by atoms with E-state index in [2.05, 4.69) is 43.5 Å². The molecule has 2 rings (SSSR count). The predicted molar refractivity (Wildman–Crippen MR) is 110 cm³/mol. The Kier molecular flexibility index (Phi) is 7.54. The van der Waals surface area contributed by atoms with Crippen molar-refractivity contribution >= 4 is 22.9 Å². The van der Waals surface area contributed by atoms with Crippen molar-refractivity contribution in [1.82, 2.24) is 0 Å². The maximum atomic E-state index is 5.98. The SMILES string of the molecule is C=C(c1ccc(Cl)cc1)c1ccc(N(CC)CCCOCC)c(C)c1. The molecule has 0 spiro atoms. The van der Waals surface area contributed by atoms with Gasteiger partial charge in [-0.1, -0.05) is 36.4 Å². The second-order valence-corrected chi connectivity index (χ2v) is 6.55. The molecule has 0 bridgehead atoms. The van der Waals surface area contributed by atoms with Crippen molar-refractivity contribution in [2.24, 2.45) is 0 Å². The van der Waals surface area contributed by atoms with Crippen LogP contribution in [0.3, 0.4) is 0 Å². The number of anilines is 1. The number of aryl methyl sites for hydroxylation is 1. The van der Waals surface area contributed by atoms with Crippen LogP contribution in [0.4, 0.5) is 5.69 Å². The number of nitrogens with zero attached hydrogens (tertiary/aromatic N) is 1. The monoisotopic (exact) mass is 357 g/mol. The van der Waals surface area contributed by atoms with Crippen LogP contribution in [0.25, 0.3) is 5.57 Å². The molecule has 0 atom stereocenters.